The van der Waals surface area contributed by atoms with Crippen molar-refractivity contribution < 1.29 is 23.6 Å². The van der Waals surface area contributed by atoms with Crippen molar-refractivity contribution in [2.75, 3.05) is 20.2 Å². The molecule has 3 rings (SSSR count). The predicted molar refractivity (Wildman–Crippen MR) is 83.3 cm³/mol. The van der Waals surface area contributed by atoms with Crippen molar-refractivity contribution in [2.24, 2.45) is 5.92 Å². The van der Waals surface area contributed by atoms with Crippen molar-refractivity contribution >= 4 is 5.91 Å². The topological polar surface area (TPSA) is 75.8 Å². The van der Waals surface area contributed by atoms with Gasteiger partial charge in [-0.15, -0.1) is 0 Å². The minimum atomic E-state index is -0.668. The number of halogens is 1. The van der Waals surface area contributed by atoms with E-state index in [-0.39, 0.29) is 29.7 Å². The average Bonchev–Trinajstić information content (AvgIpc) is 3.13. The molecule has 128 valence electrons. The Morgan fingerprint density at radius 1 is 1.50 bits per heavy atom. The van der Waals surface area contributed by atoms with Gasteiger partial charge in [0, 0.05) is 31.5 Å². The molecular weight excluding hydrogens is 315 g/mol. The molecule has 0 radical (unpaired) electrons. The number of aryl methyl sites for hydroxylation is 1. The molecule has 2 aromatic rings. The van der Waals surface area contributed by atoms with Crippen LogP contribution in [-0.2, 0) is 6.42 Å². The number of ether oxygens (including phenoxy) is 1. The van der Waals surface area contributed by atoms with Crippen LogP contribution in [0.2, 0.25) is 0 Å². The molecule has 1 aromatic carbocycles. The van der Waals surface area contributed by atoms with E-state index in [2.05, 4.69) is 5.16 Å². The van der Waals surface area contributed by atoms with Gasteiger partial charge >= 0.3 is 0 Å². The quantitative estimate of drug-likeness (QED) is 0.923. The predicted octanol–water partition coefficient (Wildman–Crippen LogP) is 1.81. The molecule has 0 spiro atoms. The molecule has 7 heteroatoms. The van der Waals surface area contributed by atoms with E-state index in [0.717, 1.165) is 5.69 Å². The summed E-state index contributed by atoms with van der Waals surface area (Å²) in [6.07, 6.45) is -0.176. The number of nitrogens with zero attached hydrogens (tertiary/aromatic N) is 2. The van der Waals surface area contributed by atoms with E-state index in [1.807, 2.05) is 13.0 Å². The van der Waals surface area contributed by atoms with Gasteiger partial charge in [-0.25, -0.2) is 4.39 Å². The van der Waals surface area contributed by atoms with Crippen molar-refractivity contribution in [3.8, 4) is 5.75 Å². The Bertz CT molecular complexity index is 746. The lowest BCUT2D eigenvalue weighted by Crippen LogP contribution is -2.30. The number of hydrogen-bond donors (Lipinski definition) is 1. The zero-order valence-corrected chi connectivity index (χ0v) is 13.5. The van der Waals surface area contributed by atoms with Gasteiger partial charge in [-0.3, -0.25) is 4.79 Å². The molecule has 0 saturated carbocycles. The third-order valence-electron chi connectivity index (χ3n) is 4.24. The number of methoxy groups -OCH3 is 1. The Morgan fingerprint density at radius 3 is 2.96 bits per heavy atom. The summed E-state index contributed by atoms with van der Waals surface area (Å²) in [6.45, 7) is 2.37. The Morgan fingerprint density at radius 2 is 2.29 bits per heavy atom. The summed E-state index contributed by atoms with van der Waals surface area (Å²) >= 11 is 0. The zero-order valence-electron chi connectivity index (χ0n) is 13.5. The Kier molecular flexibility index (Phi) is 4.53. The van der Waals surface area contributed by atoms with Crippen LogP contribution in [0.4, 0.5) is 4.39 Å². The summed E-state index contributed by atoms with van der Waals surface area (Å²) in [5, 5.41) is 14.1. The first-order chi connectivity index (χ1) is 11.5. The van der Waals surface area contributed by atoms with Gasteiger partial charge in [-0.05, 0) is 19.1 Å². The fraction of sp³-hybridized carbons (Fsp3) is 0.412. The van der Waals surface area contributed by atoms with Crippen LogP contribution in [0.3, 0.4) is 0 Å². The lowest BCUT2D eigenvalue weighted by Gasteiger charge is -2.18. The van der Waals surface area contributed by atoms with Gasteiger partial charge in [0.05, 0.1) is 24.5 Å². The summed E-state index contributed by atoms with van der Waals surface area (Å²) < 4.78 is 24.0. The molecule has 1 amide bonds. The van der Waals surface area contributed by atoms with Gasteiger partial charge in [-0.2, -0.15) is 0 Å². The summed E-state index contributed by atoms with van der Waals surface area (Å²) in [5.41, 5.74) is 0.927. The molecule has 1 aliphatic heterocycles. The van der Waals surface area contributed by atoms with E-state index in [9.17, 15) is 14.3 Å². The van der Waals surface area contributed by atoms with Crippen molar-refractivity contribution in [3.05, 3.63) is 47.1 Å². The number of carbonyl (C=O) groups excluding carboxylic acids is 1. The number of rotatable bonds is 4. The second kappa shape index (κ2) is 6.60. The van der Waals surface area contributed by atoms with E-state index in [0.29, 0.717) is 18.7 Å². The number of aliphatic hydroxyl groups is 1. The Balaban J connectivity index is 1.74. The van der Waals surface area contributed by atoms with Crippen LogP contribution in [0.5, 0.6) is 5.75 Å². The molecule has 6 nitrogen and oxygen atoms in total. The van der Waals surface area contributed by atoms with Gasteiger partial charge in [0.15, 0.2) is 11.6 Å². The van der Waals surface area contributed by atoms with E-state index in [4.69, 9.17) is 9.26 Å². The van der Waals surface area contributed by atoms with Crippen molar-refractivity contribution in [3.63, 3.8) is 0 Å². The molecule has 0 unspecified atom stereocenters. The first-order valence-corrected chi connectivity index (χ1v) is 7.71. The number of likely N-dealkylation sites (tertiary alicyclic amines) is 1. The molecular formula is C17H19FN2O4. The van der Waals surface area contributed by atoms with Crippen LogP contribution >= 0.6 is 0 Å². The maximum Gasteiger partial charge on any atom is 0.257 e. The number of benzene rings is 1. The SMILES string of the molecule is COc1c(F)cccc1C(=O)N1C[C@@H](Cc2cc(C)no2)[C@@H](O)C1. The molecule has 1 N–H and O–H groups in total. The number of amides is 1. The van der Waals surface area contributed by atoms with Crippen molar-refractivity contribution in [2.45, 2.75) is 19.4 Å². The minimum Gasteiger partial charge on any atom is -0.493 e. The Labute approximate surface area is 138 Å². The highest BCUT2D eigenvalue weighted by Crippen LogP contribution is 2.28. The van der Waals surface area contributed by atoms with Crippen LogP contribution < -0.4 is 4.74 Å². The first-order valence-electron chi connectivity index (χ1n) is 7.71. The number of aliphatic hydroxyl groups excluding tert-OH is 1. The zero-order chi connectivity index (χ0) is 17.3. The van der Waals surface area contributed by atoms with Gasteiger partial charge in [0.1, 0.15) is 5.76 Å². The summed E-state index contributed by atoms with van der Waals surface area (Å²) in [4.78, 5) is 14.2. The van der Waals surface area contributed by atoms with Crippen LogP contribution in [-0.4, -0.2) is 47.4 Å². The Hall–Kier alpha value is -2.41. The molecule has 0 aliphatic carbocycles. The van der Waals surface area contributed by atoms with E-state index in [1.54, 1.807) is 0 Å². The van der Waals surface area contributed by atoms with Gasteiger partial charge in [-0.1, -0.05) is 11.2 Å². The lowest BCUT2D eigenvalue weighted by atomic mass is 10.0. The van der Waals surface area contributed by atoms with Gasteiger partial charge in [0.25, 0.3) is 5.91 Å². The van der Waals surface area contributed by atoms with Crippen LogP contribution in [0.1, 0.15) is 21.8 Å². The van der Waals surface area contributed by atoms with Crippen molar-refractivity contribution in [1.82, 2.24) is 10.1 Å². The molecule has 0 bridgehead atoms. The summed E-state index contributed by atoms with van der Waals surface area (Å²) in [6, 6.07) is 6.03. The number of aromatic nitrogens is 1. The van der Waals surface area contributed by atoms with Gasteiger partial charge in [0.2, 0.25) is 0 Å². The monoisotopic (exact) mass is 334 g/mol. The second-order valence-electron chi connectivity index (χ2n) is 6.00. The van der Waals surface area contributed by atoms with Crippen LogP contribution in [0.15, 0.2) is 28.8 Å². The van der Waals surface area contributed by atoms with Crippen molar-refractivity contribution in [1.29, 1.82) is 0 Å². The first kappa shape index (κ1) is 16.4. The highest BCUT2D eigenvalue weighted by Gasteiger charge is 2.36. The fourth-order valence-electron chi connectivity index (χ4n) is 3.05. The average molecular weight is 334 g/mol. The molecule has 1 saturated heterocycles. The van der Waals surface area contributed by atoms with Gasteiger partial charge < -0.3 is 19.3 Å². The normalized spacial score (nSPS) is 20.4. The number of β-amino-alcohol motifs (C(OH)–C–C–N with tert-alkyl or cyclic N) is 1. The number of carbonyl (C=O) groups is 1. The fourth-order valence-corrected chi connectivity index (χ4v) is 3.05. The minimum absolute atomic E-state index is 0.0775. The lowest BCUT2D eigenvalue weighted by molar-refractivity contribution is 0.0760. The third kappa shape index (κ3) is 3.12. The van der Waals surface area contributed by atoms with E-state index < -0.39 is 11.9 Å². The molecule has 1 fully saturated rings. The van der Waals surface area contributed by atoms with Crippen LogP contribution in [0, 0.1) is 18.7 Å². The molecule has 1 aliphatic rings. The second-order valence-corrected chi connectivity index (χ2v) is 6.00. The summed E-state index contributed by atoms with van der Waals surface area (Å²) in [5.74, 6) is -0.500. The number of hydrogen-bond acceptors (Lipinski definition) is 5. The smallest absolute Gasteiger partial charge is 0.257 e. The molecule has 2 atom stereocenters. The highest BCUT2D eigenvalue weighted by molar-refractivity contribution is 5.97. The largest absolute Gasteiger partial charge is 0.493 e. The molecule has 1 aromatic heterocycles. The molecule has 24 heavy (non-hydrogen) atoms. The van der Waals surface area contributed by atoms with Crippen LogP contribution in [0.25, 0.3) is 0 Å². The number of para-hydroxylation sites is 1. The maximum atomic E-state index is 13.8. The standard InChI is InChI=1S/C17H19FN2O4/c1-10-6-12(24-19-10)7-11-8-20(9-15(11)21)17(22)13-4-3-5-14(18)16(13)23-2/h3-6,11,15,21H,7-9H2,1-2H3/t11-,15+/m1/s1. The maximum absolute atomic E-state index is 13.8. The third-order valence-corrected chi connectivity index (χ3v) is 4.24. The van der Waals surface area contributed by atoms with E-state index in [1.165, 1.54) is 30.2 Å². The van der Waals surface area contributed by atoms with E-state index >= 15 is 0 Å². The molecule has 2 heterocycles. The summed E-state index contributed by atoms with van der Waals surface area (Å²) in [7, 11) is 1.32. The highest BCUT2D eigenvalue weighted by atomic mass is 19.1.